The van der Waals surface area contributed by atoms with E-state index < -0.39 is 21.8 Å². The monoisotopic (exact) mass is 323 g/mol. The van der Waals surface area contributed by atoms with Crippen LogP contribution in [0.15, 0.2) is 47.4 Å². The first-order valence-corrected chi connectivity index (χ1v) is 7.79. The van der Waals surface area contributed by atoms with Crippen LogP contribution in [0.4, 0.5) is 10.1 Å². The number of hydrogen-bond donors (Lipinski definition) is 1. The molecule has 0 saturated carbocycles. The largest absolute Gasteiger partial charge is 0.465 e. The third-order valence-electron chi connectivity index (χ3n) is 2.98. The van der Waals surface area contributed by atoms with E-state index in [0.717, 1.165) is 12.1 Å². The molecule has 0 aliphatic heterocycles. The molecule has 1 N–H and O–H groups in total. The molecule has 2 rings (SSSR count). The highest BCUT2D eigenvalue weighted by molar-refractivity contribution is 7.92. The van der Waals surface area contributed by atoms with E-state index in [-0.39, 0.29) is 16.1 Å². The van der Waals surface area contributed by atoms with Gasteiger partial charge in [-0.2, -0.15) is 0 Å². The van der Waals surface area contributed by atoms with Crippen LogP contribution in [0, 0.1) is 12.7 Å². The van der Waals surface area contributed by atoms with Crippen molar-refractivity contribution in [1.29, 1.82) is 0 Å². The minimum atomic E-state index is -3.83. The van der Waals surface area contributed by atoms with E-state index in [0.29, 0.717) is 5.56 Å². The summed E-state index contributed by atoms with van der Waals surface area (Å²) in [5, 5.41) is 0. The Bertz CT molecular complexity index is 801. The molecule has 7 heteroatoms. The van der Waals surface area contributed by atoms with Crippen LogP contribution in [0.25, 0.3) is 0 Å². The van der Waals surface area contributed by atoms with Gasteiger partial charge in [-0.3, -0.25) is 4.72 Å². The number of esters is 1. The van der Waals surface area contributed by atoms with Crippen molar-refractivity contribution in [3.05, 3.63) is 59.4 Å². The highest BCUT2D eigenvalue weighted by Crippen LogP contribution is 2.21. The summed E-state index contributed by atoms with van der Waals surface area (Å²) in [4.78, 5) is 11.5. The van der Waals surface area contributed by atoms with Gasteiger partial charge >= 0.3 is 5.97 Å². The summed E-state index contributed by atoms with van der Waals surface area (Å²) in [6, 6.07) is 9.10. The van der Waals surface area contributed by atoms with Crippen LogP contribution in [0.5, 0.6) is 0 Å². The Morgan fingerprint density at radius 2 is 1.77 bits per heavy atom. The molecule has 0 atom stereocenters. The first-order valence-electron chi connectivity index (χ1n) is 6.31. The van der Waals surface area contributed by atoms with Crippen molar-refractivity contribution in [2.75, 3.05) is 11.8 Å². The lowest BCUT2D eigenvalue weighted by atomic mass is 10.1. The Morgan fingerprint density at radius 1 is 1.14 bits per heavy atom. The van der Waals surface area contributed by atoms with Gasteiger partial charge in [0.1, 0.15) is 5.82 Å². The molecule has 2 aromatic carbocycles. The molecule has 0 amide bonds. The highest BCUT2D eigenvalue weighted by Gasteiger charge is 2.18. The predicted octanol–water partition coefficient (Wildman–Crippen LogP) is 2.72. The van der Waals surface area contributed by atoms with E-state index in [1.54, 1.807) is 6.92 Å². The van der Waals surface area contributed by atoms with Crippen molar-refractivity contribution in [1.82, 2.24) is 0 Å². The first kappa shape index (κ1) is 16.0. The van der Waals surface area contributed by atoms with Gasteiger partial charge < -0.3 is 4.74 Å². The molecule has 0 aromatic heterocycles. The van der Waals surface area contributed by atoms with Gasteiger partial charge in [-0.15, -0.1) is 0 Å². The molecule has 0 fully saturated rings. The number of halogens is 1. The maximum Gasteiger partial charge on any atom is 0.337 e. The molecule has 116 valence electrons. The summed E-state index contributed by atoms with van der Waals surface area (Å²) in [6.07, 6.45) is 0. The van der Waals surface area contributed by atoms with Crippen molar-refractivity contribution in [3.8, 4) is 0 Å². The summed E-state index contributed by atoms with van der Waals surface area (Å²) >= 11 is 0. The maximum atomic E-state index is 12.8. The van der Waals surface area contributed by atoms with Crippen LogP contribution in [0.1, 0.15) is 15.9 Å². The number of aryl methyl sites for hydroxylation is 1. The van der Waals surface area contributed by atoms with E-state index in [1.165, 1.54) is 37.4 Å². The summed E-state index contributed by atoms with van der Waals surface area (Å²) in [6.45, 7) is 1.58. The third-order valence-corrected chi connectivity index (χ3v) is 4.52. The average Bonchev–Trinajstić information content (AvgIpc) is 2.48. The lowest BCUT2D eigenvalue weighted by molar-refractivity contribution is 0.0600. The van der Waals surface area contributed by atoms with E-state index in [1.807, 2.05) is 0 Å². The molecule has 0 unspecified atom stereocenters. The second-order valence-electron chi connectivity index (χ2n) is 4.58. The lowest BCUT2D eigenvalue weighted by Gasteiger charge is -2.11. The van der Waals surface area contributed by atoms with Gasteiger partial charge in [0, 0.05) is 5.69 Å². The predicted molar refractivity (Wildman–Crippen MR) is 79.7 cm³/mol. The van der Waals surface area contributed by atoms with E-state index in [9.17, 15) is 17.6 Å². The summed E-state index contributed by atoms with van der Waals surface area (Å²) in [5.41, 5.74) is 0.913. The zero-order valence-corrected chi connectivity index (χ0v) is 12.8. The number of carbonyl (C=O) groups excluding carboxylic acids is 1. The van der Waals surface area contributed by atoms with Gasteiger partial charge in [0.2, 0.25) is 0 Å². The second-order valence-corrected chi connectivity index (χ2v) is 6.24. The molecule has 2 aromatic rings. The van der Waals surface area contributed by atoms with Crippen molar-refractivity contribution < 1.29 is 22.3 Å². The minimum Gasteiger partial charge on any atom is -0.465 e. The zero-order chi connectivity index (χ0) is 16.3. The molecule has 0 bridgehead atoms. The van der Waals surface area contributed by atoms with Crippen LogP contribution in [-0.2, 0) is 14.8 Å². The molecule has 0 spiro atoms. The number of rotatable bonds is 4. The fourth-order valence-corrected chi connectivity index (χ4v) is 3.21. The summed E-state index contributed by atoms with van der Waals surface area (Å²) in [7, 11) is -2.58. The second kappa shape index (κ2) is 6.15. The van der Waals surface area contributed by atoms with Gasteiger partial charge in [0.25, 0.3) is 10.0 Å². The standard InChI is InChI=1S/C15H14FNO4S/c1-10-9-11(15(18)21-2)3-8-14(10)22(19,20)17-13-6-4-12(16)5-7-13/h3-9,17H,1-2H3. The lowest BCUT2D eigenvalue weighted by Crippen LogP contribution is -2.15. The topological polar surface area (TPSA) is 72.5 Å². The van der Waals surface area contributed by atoms with Crippen molar-refractivity contribution in [3.63, 3.8) is 0 Å². The van der Waals surface area contributed by atoms with Crippen LogP contribution in [0.3, 0.4) is 0 Å². The Morgan fingerprint density at radius 3 is 2.32 bits per heavy atom. The molecule has 0 saturated heterocycles. The number of carbonyl (C=O) groups is 1. The quantitative estimate of drug-likeness (QED) is 0.878. The van der Waals surface area contributed by atoms with Crippen LogP contribution in [0.2, 0.25) is 0 Å². The fourth-order valence-electron chi connectivity index (χ4n) is 1.92. The number of methoxy groups -OCH3 is 1. The molecule has 0 aliphatic carbocycles. The van der Waals surface area contributed by atoms with Gasteiger partial charge in [-0.1, -0.05) is 0 Å². The number of anilines is 1. The molecule has 5 nitrogen and oxygen atoms in total. The molecule has 0 heterocycles. The normalized spacial score (nSPS) is 11.0. The van der Waals surface area contributed by atoms with Crippen molar-refractivity contribution in [2.45, 2.75) is 11.8 Å². The van der Waals surface area contributed by atoms with Crippen LogP contribution < -0.4 is 4.72 Å². The third kappa shape index (κ3) is 3.43. The maximum absolute atomic E-state index is 12.8. The Balaban J connectivity index is 2.33. The number of benzene rings is 2. The highest BCUT2D eigenvalue weighted by atomic mass is 32.2. The smallest absolute Gasteiger partial charge is 0.337 e. The Labute approximate surface area is 127 Å². The first-order chi connectivity index (χ1) is 10.3. The van der Waals surface area contributed by atoms with Crippen LogP contribution in [-0.4, -0.2) is 21.5 Å². The van der Waals surface area contributed by atoms with Gasteiger partial charge in [-0.25, -0.2) is 17.6 Å². The molecular formula is C15H14FNO4S. The fraction of sp³-hybridized carbons (Fsp3) is 0.133. The number of sulfonamides is 1. The summed E-state index contributed by atoms with van der Waals surface area (Å²) in [5.74, 6) is -1.000. The van der Waals surface area contributed by atoms with E-state index >= 15 is 0 Å². The van der Waals surface area contributed by atoms with Gasteiger partial charge in [-0.05, 0) is 55.0 Å². The Hall–Kier alpha value is -2.41. The SMILES string of the molecule is COC(=O)c1ccc(S(=O)(=O)Nc2ccc(F)cc2)c(C)c1. The number of nitrogens with one attached hydrogen (secondary N) is 1. The molecule has 0 aliphatic rings. The minimum absolute atomic E-state index is 0.0319. The molecule has 0 radical (unpaired) electrons. The van der Waals surface area contributed by atoms with E-state index in [2.05, 4.69) is 9.46 Å². The number of hydrogen-bond acceptors (Lipinski definition) is 4. The van der Waals surface area contributed by atoms with Gasteiger partial charge in [0.05, 0.1) is 17.6 Å². The van der Waals surface area contributed by atoms with Gasteiger partial charge in [0.15, 0.2) is 0 Å². The Kier molecular flexibility index (Phi) is 4.46. The number of ether oxygens (including phenoxy) is 1. The molecular weight excluding hydrogens is 309 g/mol. The van der Waals surface area contributed by atoms with E-state index in [4.69, 9.17) is 0 Å². The summed E-state index contributed by atoms with van der Waals surface area (Å²) < 4.78 is 44.5. The molecule has 22 heavy (non-hydrogen) atoms. The van der Waals surface area contributed by atoms with Crippen molar-refractivity contribution >= 4 is 21.7 Å². The van der Waals surface area contributed by atoms with Crippen LogP contribution >= 0.6 is 0 Å². The zero-order valence-electron chi connectivity index (χ0n) is 12.0. The average molecular weight is 323 g/mol. The van der Waals surface area contributed by atoms with Crippen molar-refractivity contribution in [2.24, 2.45) is 0 Å².